The number of Topliss-reactive ketones (excluding diaryl/α,β-unsaturated/α-hetero) is 1. The van der Waals surface area contributed by atoms with Crippen molar-refractivity contribution in [2.45, 2.75) is 32.6 Å². The van der Waals surface area contributed by atoms with Crippen molar-refractivity contribution in [3.63, 3.8) is 0 Å². The largest absolute Gasteiger partial charge is 0.434 e. The first-order chi connectivity index (χ1) is 8.99. The summed E-state index contributed by atoms with van der Waals surface area (Å²) in [5, 5.41) is 0.541. The molecular weight excluding hydrogens is 252 g/mol. The van der Waals surface area contributed by atoms with Crippen LogP contribution in [0, 0.1) is 5.92 Å². The van der Waals surface area contributed by atoms with Crippen molar-refractivity contribution in [2.24, 2.45) is 5.92 Å². The van der Waals surface area contributed by atoms with Crippen LogP contribution in [0.5, 0.6) is 0 Å². The molecule has 0 saturated carbocycles. The average molecular weight is 268 g/mol. The van der Waals surface area contributed by atoms with Crippen molar-refractivity contribution in [2.75, 3.05) is 13.1 Å². The predicted molar refractivity (Wildman–Crippen MR) is 62.5 cm³/mol. The lowest BCUT2D eigenvalue weighted by Crippen LogP contribution is -2.44. The third-order valence-electron chi connectivity index (χ3n) is 3.50. The molecule has 0 radical (unpaired) electrons. The fourth-order valence-corrected chi connectivity index (χ4v) is 2.26. The van der Waals surface area contributed by atoms with Gasteiger partial charge < -0.3 is 9.74 Å². The Balaban J connectivity index is 1.86. The second kappa shape index (κ2) is 5.38. The maximum Gasteiger partial charge on any atom is 0.434 e. The molecule has 2 aliphatic rings. The van der Waals surface area contributed by atoms with E-state index in [1.165, 1.54) is 4.90 Å². The minimum Gasteiger partial charge on any atom is -0.311 e. The molecule has 3 amide bonds. The molecule has 0 aliphatic carbocycles. The van der Waals surface area contributed by atoms with Gasteiger partial charge in [0.15, 0.2) is 0 Å². The van der Waals surface area contributed by atoms with Gasteiger partial charge in [-0.2, -0.15) is 0 Å². The van der Waals surface area contributed by atoms with Crippen LogP contribution >= 0.6 is 0 Å². The number of piperidine rings is 1. The fourth-order valence-electron chi connectivity index (χ4n) is 2.26. The highest BCUT2D eigenvalue weighted by Gasteiger charge is 2.35. The quantitative estimate of drug-likeness (QED) is 0.680. The van der Waals surface area contributed by atoms with Gasteiger partial charge >= 0.3 is 6.09 Å². The molecule has 2 saturated heterocycles. The number of hydrogen-bond acceptors (Lipinski definition) is 5. The van der Waals surface area contributed by atoms with Crippen LogP contribution in [0.15, 0.2) is 0 Å². The summed E-state index contributed by atoms with van der Waals surface area (Å²) in [4.78, 5) is 51.8. The van der Waals surface area contributed by atoms with Gasteiger partial charge in [0.25, 0.3) is 11.8 Å². The van der Waals surface area contributed by atoms with Crippen molar-refractivity contribution in [1.82, 2.24) is 9.96 Å². The summed E-state index contributed by atoms with van der Waals surface area (Å²) in [5.74, 6) is -0.869. The van der Waals surface area contributed by atoms with Gasteiger partial charge in [-0.15, -0.1) is 5.06 Å². The van der Waals surface area contributed by atoms with E-state index in [-0.39, 0.29) is 24.5 Å². The Labute approximate surface area is 110 Å². The first kappa shape index (κ1) is 13.5. The SMILES string of the molecule is CC(=O)C1CCN(C(=O)ON2C(=O)CCC2=O)CC1. The summed E-state index contributed by atoms with van der Waals surface area (Å²) in [5.41, 5.74) is 0. The van der Waals surface area contributed by atoms with Gasteiger partial charge in [-0.3, -0.25) is 14.4 Å². The zero-order valence-corrected chi connectivity index (χ0v) is 10.8. The minimum absolute atomic E-state index is 0.0147. The lowest BCUT2D eigenvalue weighted by molar-refractivity contribution is -0.174. The summed E-state index contributed by atoms with van der Waals surface area (Å²) >= 11 is 0. The van der Waals surface area contributed by atoms with Crippen LogP contribution in [-0.4, -0.2) is 46.7 Å². The molecule has 7 nitrogen and oxygen atoms in total. The smallest absolute Gasteiger partial charge is 0.311 e. The summed E-state index contributed by atoms with van der Waals surface area (Å²) < 4.78 is 0. The standard InChI is InChI=1S/C12H16N2O5/c1-8(15)9-4-6-13(7-5-9)12(18)19-14-10(16)2-3-11(14)17/h9H,2-7H2,1H3. The van der Waals surface area contributed by atoms with Crippen LogP contribution in [0.1, 0.15) is 32.6 Å². The van der Waals surface area contributed by atoms with E-state index in [0.717, 1.165) is 0 Å². The molecule has 2 heterocycles. The van der Waals surface area contributed by atoms with Crippen LogP contribution in [0.3, 0.4) is 0 Å². The molecule has 0 unspecified atom stereocenters. The molecule has 0 bridgehead atoms. The highest BCUT2D eigenvalue weighted by Crippen LogP contribution is 2.20. The normalized spacial score (nSPS) is 20.9. The Morgan fingerprint density at radius 3 is 2.11 bits per heavy atom. The molecule has 2 rings (SSSR count). The van der Waals surface area contributed by atoms with E-state index in [1.807, 2.05) is 0 Å². The molecule has 7 heteroatoms. The number of amides is 3. The van der Waals surface area contributed by atoms with Gasteiger partial charge in [0, 0.05) is 31.8 Å². The van der Waals surface area contributed by atoms with Gasteiger partial charge in [0.1, 0.15) is 5.78 Å². The van der Waals surface area contributed by atoms with Gasteiger partial charge in [-0.1, -0.05) is 0 Å². The minimum atomic E-state index is -0.703. The van der Waals surface area contributed by atoms with Gasteiger partial charge in [0.05, 0.1) is 0 Å². The Morgan fingerprint density at radius 1 is 1.11 bits per heavy atom. The molecule has 0 atom stereocenters. The second-order valence-electron chi connectivity index (χ2n) is 4.81. The lowest BCUT2D eigenvalue weighted by atomic mass is 9.94. The summed E-state index contributed by atoms with van der Waals surface area (Å²) in [7, 11) is 0. The number of imide groups is 1. The molecule has 0 aromatic heterocycles. The lowest BCUT2D eigenvalue weighted by Gasteiger charge is -2.30. The van der Waals surface area contributed by atoms with Gasteiger partial charge in [-0.25, -0.2) is 4.79 Å². The van der Waals surface area contributed by atoms with Crippen LogP contribution in [0.4, 0.5) is 4.79 Å². The molecule has 19 heavy (non-hydrogen) atoms. The predicted octanol–water partition coefficient (Wildman–Crippen LogP) is 0.488. The van der Waals surface area contributed by atoms with Crippen molar-refractivity contribution >= 4 is 23.7 Å². The Kier molecular flexibility index (Phi) is 3.82. The molecule has 104 valence electrons. The average Bonchev–Trinajstić information content (AvgIpc) is 2.70. The van der Waals surface area contributed by atoms with Gasteiger partial charge in [0.2, 0.25) is 0 Å². The fraction of sp³-hybridized carbons (Fsp3) is 0.667. The monoisotopic (exact) mass is 268 g/mol. The van der Waals surface area contributed by atoms with E-state index in [1.54, 1.807) is 6.92 Å². The van der Waals surface area contributed by atoms with E-state index in [9.17, 15) is 19.2 Å². The number of hydrogen-bond donors (Lipinski definition) is 0. The molecule has 0 spiro atoms. The van der Waals surface area contributed by atoms with Crippen LogP contribution < -0.4 is 0 Å². The number of nitrogens with zero attached hydrogens (tertiary/aromatic N) is 2. The number of likely N-dealkylation sites (tertiary alicyclic amines) is 1. The van der Waals surface area contributed by atoms with Crippen LogP contribution in [-0.2, 0) is 19.2 Å². The first-order valence-electron chi connectivity index (χ1n) is 6.32. The van der Waals surface area contributed by atoms with E-state index in [2.05, 4.69) is 0 Å². The van der Waals surface area contributed by atoms with Crippen molar-refractivity contribution < 1.29 is 24.0 Å². The Morgan fingerprint density at radius 2 is 1.63 bits per heavy atom. The van der Waals surface area contributed by atoms with E-state index >= 15 is 0 Å². The highest BCUT2D eigenvalue weighted by molar-refractivity contribution is 6.01. The second-order valence-corrected chi connectivity index (χ2v) is 4.81. The molecule has 0 N–H and O–H groups in total. The maximum absolute atomic E-state index is 11.8. The number of carbonyl (C=O) groups is 4. The van der Waals surface area contributed by atoms with E-state index in [0.29, 0.717) is 31.0 Å². The molecular formula is C12H16N2O5. The third-order valence-corrected chi connectivity index (χ3v) is 3.50. The maximum atomic E-state index is 11.8. The molecule has 2 fully saturated rings. The summed E-state index contributed by atoms with van der Waals surface area (Å²) in [6.45, 7) is 2.35. The zero-order valence-electron chi connectivity index (χ0n) is 10.8. The Hall–Kier alpha value is -1.92. The molecule has 0 aromatic rings. The third kappa shape index (κ3) is 2.91. The van der Waals surface area contributed by atoms with E-state index in [4.69, 9.17) is 4.84 Å². The van der Waals surface area contributed by atoms with Gasteiger partial charge in [-0.05, 0) is 19.8 Å². The van der Waals surface area contributed by atoms with E-state index < -0.39 is 17.9 Å². The van der Waals surface area contributed by atoms with Crippen LogP contribution in [0.25, 0.3) is 0 Å². The number of ketones is 1. The molecule has 0 aromatic carbocycles. The number of hydroxylamine groups is 2. The first-order valence-corrected chi connectivity index (χ1v) is 6.32. The van der Waals surface area contributed by atoms with Crippen molar-refractivity contribution in [3.8, 4) is 0 Å². The highest BCUT2D eigenvalue weighted by atomic mass is 16.7. The number of rotatable bonds is 2. The molecule has 2 aliphatic heterocycles. The van der Waals surface area contributed by atoms with Crippen molar-refractivity contribution in [3.05, 3.63) is 0 Å². The summed E-state index contributed by atoms with van der Waals surface area (Å²) in [6.07, 6.45) is 0.640. The Bertz CT molecular complexity index is 410. The van der Waals surface area contributed by atoms with Crippen molar-refractivity contribution in [1.29, 1.82) is 0 Å². The topological polar surface area (TPSA) is 84.0 Å². The summed E-state index contributed by atoms with van der Waals surface area (Å²) in [6, 6.07) is 0. The zero-order chi connectivity index (χ0) is 14.0. The number of carbonyl (C=O) groups excluding carboxylic acids is 4. The van der Waals surface area contributed by atoms with Crippen LogP contribution in [0.2, 0.25) is 0 Å².